The lowest BCUT2D eigenvalue weighted by molar-refractivity contribution is 0.288. The third-order valence-electron chi connectivity index (χ3n) is 5.78. The Labute approximate surface area is 212 Å². The van der Waals surface area contributed by atoms with Gasteiger partial charge in [0.15, 0.2) is 5.84 Å². The first-order chi connectivity index (χ1) is 16.6. The number of amidine groups is 1. The molecule has 2 N–H and O–H groups in total. The highest BCUT2D eigenvalue weighted by atomic mass is 79.9. The normalized spacial score (nSPS) is 13.1. The molecule has 6 nitrogen and oxygen atoms in total. The number of nitrogens with one attached hydrogen (secondary N) is 2. The second-order valence-electron chi connectivity index (χ2n) is 8.19. The standard InChI is InChI=1S/C26H25BrN6S/c1-18-8-13-23(14-19(18)2)33-26(34-17-21-6-4-3-5-7-21)24(15-28-33)25-29-30-31-32(25)16-20-9-11-22(27)12-10-20/h3-15,30-31H,16-17H2,1-2H3. The van der Waals surface area contributed by atoms with Crippen LogP contribution in [0, 0.1) is 13.8 Å². The van der Waals surface area contributed by atoms with Crippen molar-refractivity contribution >= 4 is 33.5 Å². The van der Waals surface area contributed by atoms with Gasteiger partial charge in [0.2, 0.25) is 0 Å². The Hall–Kier alpha value is -3.07. The number of halogens is 1. The Bertz CT molecular complexity index is 1320. The molecule has 4 aromatic rings. The molecule has 0 atom stereocenters. The molecule has 172 valence electrons. The maximum atomic E-state index is 4.79. The Morgan fingerprint density at radius 2 is 1.71 bits per heavy atom. The van der Waals surface area contributed by atoms with Gasteiger partial charge in [0, 0.05) is 10.2 Å². The fourth-order valence-corrected chi connectivity index (χ4v) is 5.08. The second kappa shape index (κ2) is 10.0. The molecule has 1 aromatic heterocycles. The van der Waals surface area contributed by atoms with Crippen LogP contribution in [0.1, 0.15) is 27.8 Å². The van der Waals surface area contributed by atoms with Gasteiger partial charge in [-0.3, -0.25) is 5.01 Å². The number of hydrogen-bond acceptors (Lipinski definition) is 6. The van der Waals surface area contributed by atoms with Crippen molar-refractivity contribution in [2.24, 2.45) is 5.10 Å². The van der Waals surface area contributed by atoms with Gasteiger partial charge < -0.3 is 0 Å². The van der Waals surface area contributed by atoms with Crippen LogP contribution in [0.5, 0.6) is 0 Å². The molecule has 8 heteroatoms. The summed E-state index contributed by atoms with van der Waals surface area (Å²) in [4.78, 5) is 0. The fourth-order valence-electron chi connectivity index (χ4n) is 3.74. The van der Waals surface area contributed by atoms with Crippen LogP contribution >= 0.6 is 27.7 Å². The molecular weight excluding hydrogens is 508 g/mol. The minimum atomic E-state index is 0.663. The molecule has 0 bridgehead atoms. The number of thioether (sulfide) groups is 1. The van der Waals surface area contributed by atoms with Gasteiger partial charge in [-0.05, 0) is 60.4 Å². The molecule has 34 heavy (non-hydrogen) atoms. The average molecular weight is 533 g/mol. The number of aryl methyl sites for hydroxylation is 2. The maximum Gasteiger partial charge on any atom is 0.177 e. The summed E-state index contributed by atoms with van der Waals surface area (Å²) in [5.41, 5.74) is 13.1. The van der Waals surface area contributed by atoms with Crippen LogP contribution in [0.4, 0.5) is 0 Å². The van der Waals surface area contributed by atoms with Gasteiger partial charge in [0.1, 0.15) is 5.03 Å². The first kappa shape index (κ1) is 22.7. The lowest BCUT2D eigenvalue weighted by atomic mass is 10.1. The van der Waals surface area contributed by atoms with E-state index in [0.717, 1.165) is 32.3 Å². The quantitative estimate of drug-likeness (QED) is 0.297. The number of aromatic nitrogens is 2. The molecule has 0 saturated heterocycles. The summed E-state index contributed by atoms with van der Waals surface area (Å²) in [6, 6.07) is 25.3. The molecule has 3 aromatic carbocycles. The second-order valence-corrected chi connectivity index (χ2v) is 10.1. The predicted molar refractivity (Wildman–Crippen MR) is 142 cm³/mol. The number of hydrogen-bond donors (Lipinski definition) is 2. The zero-order chi connectivity index (χ0) is 23.5. The summed E-state index contributed by atoms with van der Waals surface area (Å²) in [6.45, 7) is 4.93. The van der Waals surface area contributed by atoms with Crippen molar-refractivity contribution in [1.29, 1.82) is 0 Å². The number of benzene rings is 3. The summed E-state index contributed by atoms with van der Waals surface area (Å²) in [5, 5.41) is 12.4. The summed E-state index contributed by atoms with van der Waals surface area (Å²) in [7, 11) is 0. The van der Waals surface area contributed by atoms with E-state index in [0.29, 0.717) is 6.54 Å². The maximum absolute atomic E-state index is 4.79. The minimum Gasteiger partial charge on any atom is -0.266 e. The smallest absolute Gasteiger partial charge is 0.177 e. The van der Waals surface area contributed by atoms with E-state index >= 15 is 0 Å². The molecule has 2 heterocycles. The topological polar surface area (TPSA) is 57.5 Å². The molecule has 5 rings (SSSR count). The lowest BCUT2D eigenvalue weighted by Gasteiger charge is -2.19. The highest BCUT2D eigenvalue weighted by Crippen LogP contribution is 2.31. The predicted octanol–water partition coefficient (Wildman–Crippen LogP) is 5.73. The molecule has 1 aliphatic heterocycles. The Morgan fingerprint density at radius 3 is 2.47 bits per heavy atom. The molecule has 0 radical (unpaired) electrons. The molecule has 0 unspecified atom stereocenters. The van der Waals surface area contributed by atoms with E-state index in [1.165, 1.54) is 22.3 Å². The monoisotopic (exact) mass is 532 g/mol. The van der Waals surface area contributed by atoms with Gasteiger partial charge in [-0.25, -0.2) is 10.2 Å². The van der Waals surface area contributed by atoms with Crippen molar-refractivity contribution in [2.45, 2.75) is 31.2 Å². The molecule has 0 spiro atoms. The number of nitrogens with zero attached hydrogens (tertiary/aromatic N) is 4. The fraction of sp³-hybridized carbons (Fsp3) is 0.154. The third kappa shape index (κ3) is 4.89. The molecule has 0 amide bonds. The lowest BCUT2D eigenvalue weighted by Crippen LogP contribution is -2.40. The Balaban J connectivity index is 1.49. The minimum absolute atomic E-state index is 0.663. The van der Waals surface area contributed by atoms with Gasteiger partial charge in [-0.15, -0.1) is 22.4 Å². The summed E-state index contributed by atoms with van der Waals surface area (Å²) in [5.74, 6) is 1.65. The number of rotatable bonds is 7. The van der Waals surface area contributed by atoms with Crippen LogP contribution < -0.4 is 11.1 Å². The van der Waals surface area contributed by atoms with E-state index in [1.54, 1.807) is 11.8 Å². The van der Waals surface area contributed by atoms with E-state index in [9.17, 15) is 0 Å². The van der Waals surface area contributed by atoms with Crippen LogP contribution in [-0.4, -0.2) is 20.6 Å². The van der Waals surface area contributed by atoms with Crippen LogP contribution in [-0.2, 0) is 12.3 Å². The highest BCUT2D eigenvalue weighted by molar-refractivity contribution is 9.10. The Kier molecular flexibility index (Phi) is 6.71. The van der Waals surface area contributed by atoms with Crippen LogP contribution in [0.15, 0.2) is 93.6 Å². The van der Waals surface area contributed by atoms with Crippen molar-refractivity contribution in [2.75, 3.05) is 0 Å². The molecule has 0 aliphatic carbocycles. The zero-order valence-corrected chi connectivity index (χ0v) is 21.4. The van der Waals surface area contributed by atoms with Crippen molar-refractivity contribution in [3.05, 3.63) is 111 Å². The van der Waals surface area contributed by atoms with Crippen LogP contribution in [0.2, 0.25) is 0 Å². The van der Waals surface area contributed by atoms with E-state index in [-0.39, 0.29) is 0 Å². The molecule has 0 saturated carbocycles. The summed E-state index contributed by atoms with van der Waals surface area (Å²) < 4.78 is 3.08. The van der Waals surface area contributed by atoms with Crippen LogP contribution in [0.25, 0.3) is 5.69 Å². The van der Waals surface area contributed by atoms with E-state index in [1.807, 2.05) is 22.0 Å². The van der Waals surface area contributed by atoms with Crippen molar-refractivity contribution in [3.63, 3.8) is 0 Å². The first-order valence-electron chi connectivity index (χ1n) is 11.0. The largest absolute Gasteiger partial charge is 0.266 e. The SMILES string of the molecule is Cc1ccc(-n2ncc(C3=NNNN3Cc3ccc(Br)cc3)c2SCc2ccccc2)cc1C. The number of hydrazine groups is 2. The van der Waals surface area contributed by atoms with Gasteiger partial charge in [0.05, 0.1) is 24.0 Å². The molecule has 1 aliphatic rings. The molecule has 0 fully saturated rings. The van der Waals surface area contributed by atoms with Gasteiger partial charge in [0.25, 0.3) is 0 Å². The third-order valence-corrected chi connectivity index (χ3v) is 7.45. The average Bonchev–Trinajstić information content (AvgIpc) is 3.48. The summed E-state index contributed by atoms with van der Waals surface area (Å²) in [6.07, 6.45) is 1.91. The van der Waals surface area contributed by atoms with E-state index in [2.05, 4.69) is 113 Å². The van der Waals surface area contributed by atoms with Gasteiger partial charge in [-0.1, -0.05) is 64.5 Å². The van der Waals surface area contributed by atoms with Gasteiger partial charge >= 0.3 is 0 Å². The highest BCUT2D eigenvalue weighted by Gasteiger charge is 2.26. The first-order valence-corrected chi connectivity index (χ1v) is 12.8. The van der Waals surface area contributed by atoms with Crippen molar-refractivity contribution in [1.82, 2.24) is 25.9 Å². The van der Waals surface area contributed by atoms with Gasteiger partial charge in [-0.2, -0.15) is 5.10 Å². The zero-order valence-electron chi connectivity index (χ0n) is 19.0. The van der Waals surface area contributed by atoms with E-state index in [4.69, 9.17) is 5.10 Å². The van der Waals surface area contributed by atoms with E-state index < -0.39 is 0 Å². The number of hydrazone groups is 1. The van der Waals surface area contributed by atoms with Crippen LogP contribution in [0.3, 0.4) is 0 Å². The van der Waals surface area contributed by atoms with Crippen molar-refractivity contribution < 1.29 is 0 Å². The molecular formula is C26H25BrN6S. The Morgan fingerprint density at radius 1 is 0.912 bits per heavy atom. The summed E-state index contributed by atoms with van der Waals surface area (Å²) >= 11 is 5.27. The van der Waals surface area contributed by atoms with Crippen molar-refractivity contribution in [3.8, 4) is 5.69 Å².